The molecule has 1 aromatic rings. The second kappa shape index (κ2) is 9.26. The lowest BCUT2D eigenvalue weighted by molar-refractivity contribution is -0.119. The Morgan fingerprint density at radius 3 is 2.69 bits per heavy atom. The molecule has 26 heavy (non-hydrogen) atoms. The van der Waals surface area contributed by atoms with Crippen LogP contribution in [0.5, 0.6) is 0 Å². The summed E-state index contributed by atoms with van der Waals surface area (Å²) in [6, 6.07) is 3.43. The van der Waals surface area contributed by atoms with Crippen LogP contribution in [0.25, 0.3) is 0 Å². The Morgan fingerprint density at radius 2 is 2.12 bits per heavy atom. The Bertz CT molecular complexity index is 724. The molecule has 2 rings (SSSR count). The summed E-state index contributed by atoms with van der Waals surface area (Å²) in [6.45, 7) is 4.30. The molecule has 1 amide bonds. The second-order valence-electron chi connectivity index (χ2n) is 6.40. The normalized spacial score (nSPS) is 16.7. The monoisotopic (exact) mass is 398 g/mol. The molecule has 1 aliphatic rings. The summed E-state index contributed by atoms with van der Waals surface area (Å²) in [4.78, 5) is 12.3. The van der Waals surface area contributed by atoms with Crippen LogP contribution < -0.4 is 16.4 Å². The van der Waals surface area contributed by atoms with Crippen molar-refractivity contribution >= 4 is 40.0 Å². The molecule has 0 aromatic heterocycles. The Kier molecular flexibility index (Phi) is 7.32. The summed E-state index contributed by atoms with van der Waals surface area (Å²) in [6.07, 6.45) is 2.77. The minimum Gasteiger partial charge on any atom is -0.385 e. The molecule has 142 valence electrons. The third-order valence-corrected chi connectivity index (χ3v) is 4.66. The Morgan fingerprint density at radius 1 is 1.38 bits per heavy atom. The van der Waals surface area contributed by atoms with Crippen molar-refractivity contribution in [1.82, 2.24) is 5.32 Å². The predicted octanol–water partition coefficient (Wildman–Crippen LogP) is 3.71. The van der Waals surface area contributed by atoms with E-state index in [1.54, 1.807) is 26.0 Å². The van der Waals surface area contributed by atoms with Crippen LogP contribution in [0, 0.1) is 5.41 Å². The van der Waals surface area contributed by atoms with Crippen LogP contribution in [0.15, 0.2) is 23.5 Å². The summed E-state index contributed by atoms with van der Waals surface area (Å²) in [5.74, 6) is -0.0191. The van der Waals surface area contributed by atoms with Gasteiger partial charge in [-0.3, -0.25) is 10.2 Å². The molecule has 6 nitrogen and oxygen atoms in total. The summed E-state index contributed by atoms with van der Waals surface area (Å²) in [7, 11) is 0. The summed E-state index contributed by atoms with van der Waals surface area (Å²) in [5.41, 5.74) is 8.09. The number of nitrogens with one attached hydrogen (secondary N) is 3. The van der Waals surface area contributed by atoms with Crippen LogP contribution in [0.3, 0.4) is 0 Å². The van der Waals surface area contributed by atoms with E-state index in [9.17, 15) is 4.79 Å². The molecule has 1 atom stereocenters. The third-order valence-electron chi connectivity index (χ3n) is 4.12. The molecule has 8 heteroatoms. The maximum atomic E-state index is 12.3. The smallest absolute Gasteiger partial charge is 0.229 e. The van der Waals surface area contributed by atoms with Gasteiger partial charge in [-0.1, -0.05) is 23.2 Å². The average Bonchev–Trinajstić information content (AvgIpc) is 2.58. The largest absolute Gasteiger partial charge is 0.385 e. The number of nitrogens with two attached hydrogens (primary N) is 1. The van der Waals surface area contributed by atoms with Crippen molar-refractivity contribution in [1.29, 1.82) is 5.41 Å². The van der Waals surface area contributed by atoms with Gasteiger partial charge in [0.15, 0.2) is 0 Å². The first-order valence-corrected chi connectivity index (χ1v) is 9.22. The van der Waals surface area contributed by atoms with E-state index in [1.807, 2.05) is 0 Å². The van der Waals surface area contributed by atoms with Gasteiger partial charge in [0, 0.05) is 22.9 Å². The molecular formula is C18H24Cl2N4O2. The average molecular weight is 399 g/mol. The van der Waals surface area contributed by atoms with Crippen LogP contribution in [-0.4, -0.2) is 23.9 Å². The van der Waals surface area contributed by atoms with Gasteiger partial charge in [0.2, 0.25) is 5.91 Å². The SMILES string of the molecule is CC(C)=C(N)NC(=O)Cc1c(Cl)ccc(NC2CCCCO2)c1C(=N)Cl. The van der Waals surface area contributed by atoms with E-state index in [2.05, 4.69) is 10.6 Å². The van der Waals surface area contributed by atoms with Crippen molar-refractivity contribution in [3.05, 3.63) is 39.7 Å². The lowest BCUT2D eigenvalue weighted by Crippen LogP contribution is -2.31. The molecule has 0 aliphatic carbocycles. The van der Waals surface area contributed by atoms with Crippen LogP contribution in [0.2, 0.25) is 5.02 Å². The highest BCUT2D eigenvalue weighted by molar-refractivity contribution is 6.69. The van der Waals surface area contributed by atoms with Gasteiger partial charge >= 0.3 is 0 Å². The van der Waals surface area contributed by atoms with Gasteiger partial charge in [-0.2, -0.15) is 0 Å². The van der Waals surface area contributed by atoms with Crippen molar-refractivity contribution in [2.75, 3.05) is 11.9 Å². The first kappa shape index (κ1) is 20.6. The highest BCUT2D eigenvalue weighted by Crippen LogP contribution is 2.30. The second-order valence-corrected chi connectivity index (χ2v) is 7.19. The first-order valence-electron chi connectivity index (χ1n) is 8.46. The summed E-state index contributed by atoms with van der Waals surface area (Å²) >= 11 is 12.3. The number of allylic oxidation sites excluding steroid dienone is 1. The van der Waals surface area contributed by atoms with Crippen LogP contribution in [0.4, 0.5) is 5.69 Å². The Hall–Kier alpha value is -1.76. The van der Waals surface area contributed by atoms with Gasteiger partial charge in [0.05, 0.1) is 6.42 Å². The standard InChI is InChI=1S/C18H24Cl2N4O2/c1-10(2)18(22)24-14(25)9-11-12(19)6-7-13(16(11)17(20)21)23-15-5-3-4-8-26-15/h6-7,15,21,23H,3-5,8-9,22H2,1-2H3,(H,24,25). The molecule has 0 spiro atoms. The predicted molar refractivity (Wildman–Crippen MR) is 106 cm³/mol. The number of carbonyl (C=O) groups excluding carboxylic acids is 1. The van der Waals surface area contributed by atoms with Crippen molar-refractivity contribution < 1.29 is 9.53 Å². The molecular weight excluding hydrogens is 375 g/mol. The number of amides is 1. The fourth-order valence-corrected chi connectivity index (χ4v) is 3.11. The van der Waals surface area contributed by atoms with Gasteiger partial charge in [0.25, 0.3) is 0 Å². The number of anilines is 1. The number of rotatable bonds is 6. The van der Waals surface area contributed by atoms with Gasteiger partial charge in [0.1, 0.15) is 17.2 Å². The van der Waals surface area contributed by atoms with E-state index in [-0.39, 0.29) is 23.7 Å². The summed E-state index contributed by atoms with van der Waals surface area (Å²) in [5, 5.41) is 14.0. The van der Waals surface area contributed by atoms with Gasteiger partial charge in [-0.05, 0) is 56.4 Å². The molecule has 0 bridgehead atoms. The van der Waals surface area contributed by atoms with Crippen molar-refractivity contribution in [2.45, 2.75) is 45.8 Å². The molecule has 1 saturated heterocycles. The highest BCUT2D eigenvalue weighted by Gasteiger charge is 2.21. The zero-order chi connectivity index (χ0) is 19.3. The van der Waals surface area contributed by atoms with E-state index >= 15 is 0 Å². The van der Waals surface area contributed by atoms with Crippen LogP contribution in [-0.2, 0) is 16.0 Å². The molecule has 0 radical (unpaired) electrons. The quantitative estimate of drug-likeness (QED) is 0.548. The third kappa shape index (κ3) is 5.37. The number of hydrogen-bond acceptors (Lipinski definition) is 5. The number of ether oxygens (including phenoxy) is 1. The zero-order valence-electron chi connectivity index (χ0n) is 14.9. The van der Waals surface area contributed by atoms with Crippen molar-refractivity contribution in [3.8, 4) is 0 Å². The minimum absolute atomic E-state index is 0.0434. The molecule has 5 N–H and O–H groups in total. The Balaban J connectivity index is 2.29. The number of halogens is 2. The fourth-order valence-electron chi connectivity index (χ4n) is 2.67. The van der Waals surface area contributed by atoms with Crippen molar-refractivity contribution in [2.24, 2.45) is 5.73 Å². The Labute approximate surface area is 163 Å². The van der Waals surface area contributed by atoms with Crippen LogP contribution >= 0.6 is 23.2 Å². The van der Waals surface area contributed by atoms with Gasteiger partial charge in [-0.25, -0.2) is 0 Å². The lowest BCUT2D eigenvalue weighted by Gasteiger charge is -2.26. The number of hydrogen-bond donors (Lipinski definition) is 4. The van der Waals surface area contributed by atoms with E-state index in [1.165, 1.54) is 0 Å². The van der Waals surface area contributed by atoms with Gasteiger partial charge in [-0.15, -0.1) is 0 Å². The number of carbonyl (C=O) groups is 1. The molecule has 1 aliphatic heterocycles. The van der Waals surface area contributed by atoms with E-state index in [0.29, 0.717) is 34.3 Å². The minimum atomic E-state index is -0.323. The van der Waals surface area contributed by atoms with E-state index in [0.717, 1.165) is 24.8 Å². The summed E-state index contributed by atoms with van der Waals surface area (Å²) < 4.78 is 5.69. The maximum absolute atomic E-state index is 12.3. The van der Waals surface area contributed by atoms with E-state index < -0.39 is 0 Å². The first-order chi connectivity index (χ1) is 12.3. The number of benzene rings is 1. The van der Waals surface area contributed by atoms with Gasteiger partial charge < -0.3 is 21.1 Å². The molecule has 1 fully saturated rings. The zero-order valence-corrected chi connectivity index (χ0v) is 16.4. The molecule has 1 heterocycles. The van der Waals surface area contributed by atoms with Crippen LogP contribution in [0.1, 0.15) is 44.2 Å². The lowest BCUT2D eigenvalue weighted by atomic mass is 10.0. The molecule has 0 saturated carbocycles. The fraction of sp³-hybridized carbons (Fsp3) is 0.444. The highest BCUT2D eigenvalue weighted by atomic mass is 35.5. The maximum Gasteiger partial charge on any atom is 0.229 e. The van der Waals surface area contributed by atoms with Crippen molar-refractivity contribution in [3.63, 3.8) is 0 Å². The topological polar surface area (TPSA) is 100 Å². The molecule has 1 aromatic carbocycles. The van der Waals surface area contributed by atoms with E-state index in [4.69, 9.17) is 39.1 Å². The molecule has 1 unspecified atom stereocenters.